The molecule has 2 rings (SSSR count). The van der Waals surface area contributed by atoms with Crippen LogP contribution in [0.5, 0.6) is 0 Å². The molecule has 0 spiro atoms. The highest BCUT2D eigenvalue weighted by atomic mass is 15.0. The maximum Gasteiger partial charge on any atom is 0.00914 e. The van der Waals surface area contributed by atoms with Gasteiger partial charge in [-0.1, -0.05) is 26.7 Å². The first kappa shape index (κ1) is 12.4. The van der Waals surface area contributed by atoms with Gasteiger partial charge in [0.15, 0.2) is 0 Å². The Morgan fingerprint density at radius 1 is 1.06 bits per heavy atom. The number of nitrogens with one attached hydrogen (secondary N) is 2. The van der Waals surface area contributed by atoms with Crippen LogP contribution in [0.3, 0.4) is 0 Å². The second-order valence-corrected chi connectivity index (χ2v) is 6.38. The second-order valence-electron chi connectivity index (χ2n) is 6.38. The van der Waals surface area contributed by atoms with Gasteiger partial charge in [0.2, 0.25) is 0 Å². The highest BCUT2D eigenvalue weighted by Crippen LogP contribution is 2.39. The molecule has 0 atom stereocenters. The Balaban J connectivity index is 1.74. The lowest BCUT2D eigenvalue weighted by Crippen LogP contribution is -2.44. The van der Waals surface area contributed by atoms with E-state index in [0.717, 1.165) is 12.0 Å². The predicted molar refractivity (Wildman–Crippen MR) is 69.6 cm³/mol. The maximum atomic E-state index is 3.80. The van der Waals surface area contributed by atoms with Gasteiger partial charge in [0.05, 0.1) is 0 Å². The lowest BCUT2D eigenvalue weighted by molar-refractivity contribution is 0.194. The second kappa shape index (κ2) is 5.50. The standard InChI is InChI=1S/C14H28N2/c1-14(2,12-5-3-4-6-12)11-16-13-7-9-15-10-8-13/h12-13,15-16H,3-11H2,1-2H3. The lowest BCUT2D eigenvalue weighted by Gasteiger charge is -2.35. The third kappa shape index (κ3) is 3.21. The van der Waals surface area contributed by atoms with Crippen molar-refractivity contribution in [2.75, 3.05) is 19.6 Å². The fraction of sp³-hybridized carbons (Fsp3) is 1.00. The summed E-state index contributed by atoms with van der Waals surface area (Å²) in [5.74, 6) is 0.960. The molecule has 16 heavy (non-hydrogen) atoms. The SMILES string of the molecule is CC(C)(CNC1CCNCC1)C1CCCC1. The van der Waals surface area contributed by atoms with Crippen molar-refractivity contribution in [2.24, 2.45) is 11.3 Å². The van der Waals surface area contributed by atoms with Crippen LogP contribution in [0, 0.1) is 11.3 Å². The first-order valence-electron chi connectivity index (χ1n) is 7.12. The van der Waals surface area contributed by atoms with Gasteiger partial charge in [0.25, 0.3) is 0 Å². The fourth-order valence-corrected chi connectivity index (χ4v) is 3.29. The molecule has 2 fully saturated rings. The normalized spacial score (nSPS) is 25.1. The quantitative estimate of drug-likeness (QED) is 0.767. The lowest BCUT2D eigenvalue weighted by atomic mass is 9.77. The summed E-state index contributed by atoms with van der Waals surface area (Å²) in [6.07, 6.45) is 8.45. The molecular weight excluding hydrogens is 196 g/mol. The van der Waals surface area contributed by atoms with Crippen LogP contribution in [0.15, 0.2) is 0 Å². The summed E-state index contributed by atoms with van der Waals surface area (Å²) in [5, 5.41) is 7.23. The topological polar surface area (TPSA) is 24.1 Å². The monoisotopic (exact) mass is 224 g/mol. The summed E-state index contributed by atoms with van der Waals surface area (Å²) in [6.45, 7) is 8.51. The fourth-order valence-electron chi connectivity index (χ4n) is 3.29. The molecule has 1 heterocycles. The van der Waals surface area contributed by atoms with E-state index in [2.05, 4.69) is 24.5 Å². The largest absolute Gasteiger partial charge is 0.317 e. The van der Waals surface area contributed by atoms with E-state index < -0.39 is 0 Å². The number of rotatable bonds is 4. The van der Waals surface area contributed by atoms with E-state index in [4.69, 9.17) is 0 Å². The van der Waals surface area contributed by atoms with Crippen LogP contribution in [0.25, 0.3) is 0 Å². The van der Waals surface area contributed by atoms with Gasteiger partial charge in [0, 0.05) is 12.6 Å². The molecule has 2 heteroatoms. The molecular formula is C14H28N2. The zero-order valence-electron chi connectivity index (χ0n) is 11.0. The molecule has 1 saturated heterocycles. The smallest absolute Gasteiger partial charge is 0.00914 e. The Kier molecular flexibility index (Phi) is 4.26. The Labute approximate surface area is 101 Å². The van der Waals surface area contributed by atoms with E-state index in [1.807, 2.05) is 0 Å². The Bertz CT molecular complexity index is 201. The summed E-state index contributed by atoms with van der Waals surface area (Å²) >= 11 is 0. The first-order valence-corrected chi connectivity index (χ1v) is 7.12. The third-order valence-corrected chi connectivity index (χ3v) is 4.65. The molecule has 1 aliphatic carbocycles. The van der Waals surface area contributed by atoms with Gasteiger partial charge in [0.1, 0.15) is 0 Å². The molecule has 0 amide bonds. The van der Waals surface area contributed by atoms with Gasteiger partial charge in [-0.3, -0.25) is 0 Å². The van der Waals surface area contributed by atoms with Crippen molar-refractivity contribution >= 4 is 0 Å². The van der Waals surface area contributed by atoms with Crippen LogP contribution in [-0.4, -0.2) is 25.7 Å². The molecule has 2 N–H and O–H groups in total. The average molecular weight is 224 g/mol. The minimum Gasteiger partial charge on any atom is -0.317 e. The minimum atomic E-state index is 0.501. The van der Waals surface area contributed by atoms with E-state index in [1.54, 1.807) is 0 Å². The van der Waals surface area contributed by atoms with Crippen molar-refractivity contribution in [3.8, 4) is 0 Å². The number of piperidine rings is 1. The maximum absolute atomic E-state index is 3.80. The van der Waals surface area contributed by atoms with Crippen molar-refractivity contribution in [3.63, 3.8) is 0 Å². The van der Waals surface area contributed by atoms with Crippen molar-refractivity contribution < 1.29 is 0 Å². The highest BCUT2D eigenvalue weighted by Gasteiger charge is 2.32. The van der Waals surface area contributed by atoms with E-state index >= 15 is 0 Å². The molecule has 0 aromatic carbocycles. The number of hydrogen-bond donors (Lipinski definition) is 2. The molecule has 0 aromatic rings. The first-order chi connectivity index (χ1) is 7.68. The summed E-state index contributed by atoms with van der Waals surface area (Å²) < 4.78 is 0. The summed E-state index contributed by atoms with van der Waals surface area (Å²) in [5.41, 5.74) is 0.501. The zero-order valence-corrected chi connectivity index (χ0v) is 11.0. The van der Waals surface area contributed by atoms with Crippen LogP contribution in [-0.2, 0) is 0 Å². The molecule has 94 valence electrons. The van der Waals surface area contributed by atoms with Gasteiger partial charge in [-0.2, -0.15) is 0 Å². The van der Waals surface area contributed by atoms with Gasteiger partial charge in [-0.05, 0) is 50.1 Å². The molecule has 1 saturated carbocycles. The molecule has 1 aliphatic heterocycles. The highest BCUT2D eigenvalue weighted by molar-refractivity contribution is 4.86. The average Bonchev–Trinajstić information content (AvgIpc) is 2.82. The van der Waals surface area contributed by atoms with Crippen molar-refractivity contribution in [1.82, 2.24) is 10.6 Å². The van der Waals surface area contributed by atoms with E-state index in [-0.39, 0.29) is 0 Å². The number of hydrogen-bond acceptors (Lipinski definition) is 2. The minimum absolute atomic E-state index is 0.501. The van der Waals surface area contributed by atoms with Crippen molar-refractivity contribution in [3.05, 3.63) is 0 Å². The molecule has 0 unspecified atom stereocenters. The Morgan fingerprint density at radius 3 is 2.31 bits per heavy atom. The van der Waals surface area contributed by atoms with Gasteiger partial charge < -0.3 is 10.6 Å². The molecule has 2 nitrogen and oxygen atoms in total. The summed E-state index contributed by atoms with van der Waals surface area (Å²) in [6, 6.07) is 0.766. The van der Waals surface area contributed by atoms with Crippen LogP contribution in [0.1, 0.15) is 52.4 Å². The Morgan fingerprint density at radius 2 is 1.69 bits per heavy atom. The van der Waals surface area contributed by atoms with Crippen LogP contribution in [0.4, 0.5) is 0 Å². The van der Waals surface area contributed by atoms with Crippen LogP contribution in [0.2, 0.25) is 0 Å². The Hall–Kier alpha value is -0.0800. The van der Waals surface area contributed by atoms with Crippen LogP contribution >= 0.6 is 0 Å². The van der Waals surface area contributed by atoms with Gasteiger partial charge in [-0.25, -0.2) is 0 Å². The summed E-state index contributed by atoms with van der Waals surface area (Å²) in [4.78, 5) is 0. The molecule has 2 aliphatic rings. The predicted octanol–water partition coefficient (Wildman–Crippen LogP) is 2.54. The molecule has 0 aromatic heterocycles. The van der Waals surface area contributed by atoms with Crippen molar-refractivity contribution in [2.45, 2.75) is 58.4 Å². The molecule has 0 radical (unpaired) electrons. The zero-order chi connectivity index (χ0) is 11.4. The van der Waals surface area contributed by atoms with Gasteiger partial charge in [-0.15, -0.1) is 0 Å². The summed E-state index contributed by atoms with van der Waals surface area (Å²) in [7, 11) is 0. The van der Waals surface area contributed by atoms with Crippen molar-refractivity contribution in [1.29, 1.82) is 0 Å². The van der Waals surface area contributed by atoms with Gasteiger partial charge >= 0.3 is 0 Å². The van der Waals surface area contributed by atoms with E-state index in [9.17, 15) is 0 Å². The van der Waals surface area contributed by atoms with Crippen LogP contribution < -0.4 is 10.6 Å². The van der Waals surface area contributed by atoms with E-state index in [1.165, 1.54) is 58.2 Å². The third-order valence-electron chi connectivity index (χ3n) is 4.65. The van der Waals surface area contributed by atoms with E-state index in [0.29, 0.717) is 5.41 Å². The molecule has 0 bridgehead atoms.